The van der Waals surface area contributed by atoms with Crippen LogP contribution in [0.25, 0.3) is 0 Å². The number of rotatable bonds is 2. The minimum absolute atomic E-state index is 0.0905. The Balaban J connectivity index is 1.45. The molecule has 0 N–H and O–H groups in total. The van der Waals surface area contributed by atoms with E-state index in [1.54, 1.807) is 28.4 Å². The van der Waals surface area contributed by atoms with Crippen LogP contribution < -0.4 is 0 Å². The van der Waals surface area contributed by atoms with Crippen LogP contribution in [0, 0.1) is 0 Å². The molecule has 2 aromatic rings. The number of fused-ring (bicyclic) bond motifs is 1. The molecule has 1 aliphatic heterocycles. The third kappa shape index (κ3) is 3.23. The zero-order chi connectivity index (χ0) is 17.2. The number of nitrogens with zero attached hydrogens (tertiary/aromatic N) is 2. The monoisotopic (exact) mass is 358 g/mol. The molecular weight excluding hydrogens is 336 g/mol. The van der Waals surface area contributed by atoms with Crippen LogP contribution in [-0.4, -0.2) is 47.8 Å². The Bertz CT molecular complexity index is 766. The van der Waals surface area contributed by atoms with E-state index in [4.69, 9.17) is 4.42 Å². The molecule has 0 bridgehead atoms. The smallest absolute Gasteiger partial charge is 0.289 e. The molecule has 4 rings (SSSR count). The molecule has 0 unspecified atom stereocenters. The van der Waals surface area contributed by atoms with Crippen LogP contribution in [0.15, 0.2) is 28.2 Å². The molecule has 2 aliphatic rings. The maximum absolute atomic E-state index is 13.0. The Morgan fingerprint density at radius 1 is 0.960 bits per heavy atom. The van der Waals surface area contributed by atoms with Crippen LogP contribution >= 0.6 is 11.3 Å². The number of furan rings is 1. The molecule has 6 heteroatoms. The van der Waals surface area contributed by atoms with E-state index in [1.165, 1.54) is 29.5 Å². The standard InChI is InChI=1S/C19H22N2O3S/c22-18(15-13-25-17-7-2-1-5-14(15)17)20-8-4-9-21(11-10-20)19(23)16-6-3-12-24-16/h3,6,12-13H,1-2,4-5,7-11H2. The fraction of sp³-hybridized carbons (Fsp3) is 0.474. The summed E-state index contributed by atoms with van der Waals surface area (Å²) in [4.78, 5) is 30.5. The van der Waals surface area contributed by atoms with Crippen molar-refractivity contribution in [1.29, 1.82) is 0 Å². The highest BCUT2D eigenvalue weighted by Gasteiger charge is 2.27. The van der Waals surface area contributed by atoms with Gasteiger partial charge in [-0.2, -0.15) is 0 Å². The average molecular weight is 358 g/mol. The molecule has 3 heterocycles. The quantitative estimate of drug-likeness (QED) is 0.828. The van der Waals surface area contributed by atoms with E-state index >= 15 is 0 Å². The molecule has 0 radical (unpaired) electrons. The molecule has 0 saturated carbocycles. The lowest BCUT2D eigenvalue weighted by Crippen LogP contribution is -2.37. The van der Waals surface area contributed by atoms with Gasteiger partial charge in [0.05, 0.1) is 11.8 Å². The van der Waals surface area contributed by atoms with Crippen molar-refractivity contribution in [3.63, 3.8) is 0 Å². The first-order valence-corrected chi connectivity index (χ1v) is 9.83. The number of carbonyl (C=O) groups is 2. The van der Waals surface area contributed by atoms with Crippen LogP contribution in [0.1, 0.15) is 50.6 Å². The second kappa shape index (κ2) is 7.04. The lowest BCUT2D eigenvalue weighted by Gasteiger charge is -2.22. The fourth-order valence-electron chi connectivity index (χ4n) is 3.72. The SMILES string of the molecule is O=C(c1ccco1)N1CCCN(C(=O)c2csc3c2CCCC3)CC1. The van der Waals surface area contributed by atoms with Crippen LogP contribution in [-0.2, 0) is 12.8 Å². The van der Waals surface area contributed by atoms with Crippen LogP contribution in [0.5, 0.6) is 0 Å². The molecule has 132 valence electrons. The Hall–Kier alpha value is -2.08. The molecule has 0 spiro atoms. The second-order valence-electron chi connectivity index (χ2n) is 6.67. The van der Waals surface area contributed by atoms with Gasteiger partial charge in [-0.05, 0) is 49.8 Å². The number of amides is 2. The highest BCUT2D eigenvalue weighted by atomic mass is 32.1. The lowest BCUT2D eigenvalue weighted by atomic mass is 9.95. The summed E-state index contributed by atoms with van der Waals surface area (Å²) in [5, 5.41) is 2.04. The van der Waals surface area contributed by atoms with Gasteiger partial charge in [-0.1, -0.05) is 0 Å². The molecule has 0 aromatic carbocycles. The van der Waals surface area contributed by atoms with Crippen molar-refractivity contribution in [3.8, 4) is 0 Å². The molecule has 2 amide bonds. The minimum Gasteiger partial charge on any atom is -0.459 e. The third-order valence-corrected chi connectivity index (χ3v) is 6.18. The zero-order valence-electron chi connectivity index (χ0n) is 14.2. The van der Waals surface area contributed by atoms with Gasteiger partial charge < -0.3 is 14.2 Å². The van der Waals surface area contributed by atoms with Gasteiger partial charge in [0.15, 0.2) is 5.76 Å². The van der Waals surface area contributed by atoms with Gasteiger partial charge in [0.1, 0.15) is 0 Å². The summed E-state index contributed by atoms with van der Waals surface area (Å²) in [5.74, 6) is 0.408. The first kappa shape index (κ1) is 16.4. The Kier molecular flexibility index (Phi) is 4.61. The Morgan fingerprint density at radius 2 is 1.72 bits per heavy atom. The summed E-state index contributed by atoms with van der Waals surface area (Å²) in [6.45, 7) is 2.49. The zero-order valence-corrected chi connectivity index (χ0v) is 15.0. The van der Waals surface area contributed by atoms with Crippen molar-refractivity contribution < 1.29 is 14.0 Å². The van der Waals surface area contributed by atoms with E-state index in [1.807, 2.05) is 10.3 Å². The predicted molar refractivity (Wildman–Crippen MR) is 96.1 cm³/mol. The maximum Gasteiger partial charge on any atom is 0.289 e. The number of hydrogen-bond acceptors (Lipinski definition) is 4. The molecule has 25 heavy (non-hydrogen) atoms. The Morgan fingerprint density at radius 3 is 2.48 bits per heavy atom. The van der Waals surface area contributed by atoms with Crippen molar-refractivity contribution in [1.82, 2.24) is 9.80 Å². The summed E-state index contributed by atoms with van der Waals surface area (Å²) in [6.07, 6.45) is 6.85. The van der Waals surface area contributed by atoms with Crippen molar-refractivity contribution in [2.24, 2.45) is 0 Å². The number of thiophene rings is 1. The second-order valence-corrected chi connectivity index (χ2v) is 7.64. The van der Waals surface area contributed by atoms with Crippen molar-refractivity contribution in [2.45, 2.75) is 32.1 Å². The van der Waals surface area contributed by atoms with Gasteiger partial charge in [0.2, 0.25) is 0 Å². The lowest BCUT2D eigenvalue weighted by molar-refractivity contribution is 0.0700. The summed E-state index contributed by atoms with van der Waals surface area (Å²) in [5.41, 5.74) is 2.17. The van der Waals surface area contributed by atoms with Gasteiger partial charge >= 0.3 is 0 Å². The highest BCUT2D eigenvalue weighted by Crippen LogP contribution is 2.31. The van der Waals surface area contributed by atoms with Gasteiger partial charge in [-0.3, -0.25) is 9.59 Å². The van der Waals surface area contributed by atoms with Crippen LogP contribution in [0.4, 0.5) is 0 Å². The largest absolute Gasteiger partial charge is 0.459 e. The molecule has 1 saturated heterocycles. The minimum atomic E-state index is -0.0905. The molecule has 1 fully saturated rings. The molecular formula is C19H22N2O3S. The summed E-state index contributed by atoms with van der Waals surface area (Å²) in [6, 6.07) is 3.41. The van der Waals surface area contributed by atoms with Crippen LogP contribution in [0.2, 0.25) is 0 Å². The van der Waals surface area contributed by atoms with Crippen molar-refractivity contribution >= 4 is 23.2 Å². The van der Waals surface area contributed by atoms with E-state index in [9.17, 15) is 9.59 Å². The number of hydrogen-bond donors (Lipinski definition) is 0. The maximum atomic E-state index is 13.0. The highest BCUT2D eigenvalue weighted by molar-refractivity contribution is 7.10. The Labute approximate surface area is 151 Å². The normalized spacial score (nSPS) is 17.9. The van der Waals surface area contributed by atoms with E-state index < -0.39 is 0 Å². The van der Waals surface area contributed by atoms with Gasteiger partial charge in [-0.15, -0.1) is 11.3 Å². The van der Waals surface area contributed by atoms with Crippen molar-refractivity contribution in [2.75, 3.05) is 26.2 Å². The van der Waals surface area contributed by atoms with E-state index in [-0.39, 0.29) is 11.8 Å². The summed E-state index contributed by atoms with van der Waals surface area (Å²) in [7, 11) is 0. The fourth-order valence-corrected chi connectivity index (χ4v) is 4.84. The first-order chi connectivity index (χ1) is 12.2. The van der Waals surface area contributed by atoms with Gasteiger partial charge in [0.25, 0.3) is 11.8 Å². The summed E-state index contributed by atoms with van der Waals surface area (Å²) >= 11 is 1.73. The van der Waals surface area contributed by atoms with E-state index in [2.05, 4.69) is 0 Å². The first-order valence-electron chi connectivity index (χ1n) is 8.95. The molecule has 2 aromatic heterocycles. The predicted octanol–water partition coefficient (Wildman–Crippen LogP) is 3.21. The van der Waals surface area contributed by atoms with Crippen molar-refractivity contribution in [3.05, 3.63) is 45.5 Å². The van der Waals surface area contributed by atoms with Crippen LogP contribution in [0.3, 0.4) is 0 Å². The number of aryl methyl sites for hydroxylation is 1. The third-order valence-electron chi connectivity index (χ3n) is 5.09. The van der Waals surface area contributed by atoms with E-state index in [0.717, 1.165) is 24.8 Å². The topological polar surface area (TPSA) is 53.8 Å². The molecule has 0 atom stereocenters. The summed E-state index contributed by atoms with van der Waals surface area (Å²) < 4.78 is 5.21. The number of carbonyl (C=O) groups excluding carboxylic acids is 2. The van der Waals surface area contributed by atoms with Gasteiger partial charge in [-0.25, -0.2) is 0 Å². The molecule has 5 nitrogen and oxygen atoms in total. The van der Waals surface area contributed by atoms with Gasteiger partial charge in [0, 0.05) is 36.4 Å². The molecule has 1 aliphatic carbocycles. The van der Waals surface area contributed by atoms with E-state index in [0.29, 0.717) is 31.9 Å². The average Bonchev–Trinajstić information content (AvgIpc) is 3.25.